The predicted molar refractivity (Wildman–Crippen MR) is 93.9 cm³/mol. The molecule has 1 aliphatic heterocycles. The van der Waals surface area contributed by atoms with Crippen LogP contribution in [0.5, 0.6) is 0 Å². The second kappa shape index (κ2) is 6.35. The molecule has 1 aliphatic rings. The lowest BCUT2D eigenvalue weighted by Gasteiger charge is -2.35. The summed E-state index contributed by atoms with van der Waals surface area (Å²) in [5.41, 5.74) is 2.41. The van der Waals surface area contributed by atoms with Gasteiger partial charge in [-0.2, -0.15) is 5.10 Å². The Labute approximate surface area is 145 Å². The number of fused-ring (bicyclic) bond motifs is 1. The van der Waals surface area contributed by atoms with Crippen molar-refractivity contribution in [1.29, 1.82) is 0 Å². The monoisotopic (exact) mass is 340 g/mol. The topological polar surface area (TPSA) is 53.9 Å². The minimum atomic E-state index is -0.296. The molecule has 0 spiro atoms. The van der Waals surface area contributed by atoms with E-state index in [4.69, 9.17) is 0 Å². The smallest absolute Gasteiger partial charge is 0.270 e. The van der Waals surface area contributed by atoms with E-state index in [1.54, 1.807) is 12.1 Å². The van der Waals surface area contributed by atoms with Gasteiger partial charge in [0.25, 0.3) is 5.91 Å². The molecule has 0 radical (unpaired) electrons. The minimum Gasteiger partial charge on any atom is -0.351 e. The van der Waals surface area contributed by atoms with Crippen molar-refractivity contribution in [2.45, 2.75) is 38.8 Å². The van der Waals surface area contributed by atoms with Crippen LogP contribution >= 0.6 is 0 Å². The van der Waals surface area contributed by atoms with Gasteiger partial charge in [-0.1, -0.05) is 0 Å². The molecule has 0 saturated carbocycles. The number of carbonyl (C=O) groups excluding carboxylic acids is 1. The lowest BCUT2D eigenvalue weighted by atomic mass is 10.0. The molecule has 2 aromatic heterocycles. The van der Waals surface area contributed by atoms with Crippen LogP contribution in [-0.2, 0) is 6.54 Å². The van der Waals surface area contributed by atoms with E-state index in [9.17, 15) is 9.18 Å². The van der Waals surface area contributed by atoms with Crippen molar-refractivity contribution >= 4 is 16.8 Å². The Kier molecular flexibility index (Phi) is 4.03. The van der Waals surface area contributed by atoms with Gasteiger partial charge in [0.05, 0.1) is 18.8 Å². The number of amides is 1. The number of piperidine rings is 1. The van der Waals surface area contributed by atoms with Gasteiger partial charge in [-0.05, 0) is 56.0 Å². The summed E-state index contributed by atoms with van der Waals surface area (Å²) in [5, 5.41) is 5.07. The Hall–Kier alpha value is -2.63. The van der Waals surface area contributed by atoms with Gasteiger partial charge >= 0.3 is 0 Å². The highest BCUT2D eigenvalue weighted by atomic mass is 19.1. The maximum atomic E-state index is 13.4. The number of aryl methyl sites for hydroxylation is 1. The zero-order valence-electron chi connectivity index (χ0n) is 14.2. The third kappa shape index (κ3) is 3.16. The molecule has 5 nitrogen and oxygen atoms in total. The maximum Gasteiger partial charge on any atom is 0.270 e. The second-order valence-corrected chi connectivity index (χ2v) is 6.80. The summed E-state index contributed by atoms with van der Waals surface area (Å²) in [6.45, 7) is 3.46. The summed E-state index contributed by atoms with van der Waals surface area (Å²) >= 11 is 0. The van der Waals surface area contributed by atoms with Gasteiger partial charge in [-0.15, -0.1) is 0 Å². The van der Waals surface area contributed by atoms with Crippen molar-refractivity contribution in [1.82, 2.24) is 19.7 Å². The first-order valence-corrected chi connectivity index (χ1v) is 8.68. The number of aromatic nitrogens is 3. The average Bonchev–Trinajstić information content (AvgIpc) is 3.20. The Morgan fingerprint density at radius 1 is 1.36 bits per heavy atom. The number of aromatic amines is 1. The molecular formula is C19H21FN4O. The molecule has 0 aliphatic carbocycles. The number of benzene rings is 1. The van der Waals surface area contributed by atoms with E-state index < -0.39 is 0 Å². The summed E-state index contributed by atoms with van der Waals surface area (Å²) in [6.07, 6.45) is 6.94. The lowest BCUT2D eigenvalue weighted by molar-refractivity contribution is 0.0579. The van der Waals surface area contributed by atoms with Crippen molar-refractivity contribution in [3.8, 4) is 0 Å². The number of halogens is 1. The number of nitrogens with one attached hydrogen (secondary N) is 1. The van der Waals surface area contributed by atoms with Crippen molar-refractivity contribution in [2.24, 2.45) is 0 Å². The first-order valence-electron chi connectivity index (χ1n) is 8.68. The maximum absolute atomic E-state index is 13.4. The molecule has 0 unspecified atom stereocenters. The van der Waals surface area contributed by atoms with Crippen molar-refractivity contribution in [2.75, 3.05) is 6.54 Å². The van der Waals surface area contributed by atoms with Crippen LogP contribution in [0.1, 0.15) is 35.3 Å². The predicted octanol–water partition coefficient (Wildman–Crippen LogP) is 3.51. The van der Waals surface area contributed by atoms with Crippen molar-refractivity contribution in [3.05, 3.63) is 53.7 Å². The van der Waals surface area contributed by atoms with Gasteiger partial charge in [0, 0.05) is 23.6 Å². The van der Waals surface area contributed by atoms with Gasteiger partial charge in [-0.3, -0.25) is 9.48 Å². The van der Waals surface area contributed by atoms with Crippen LogP contribution in [0.2, 0.25) is 0 Å². The average molecular weight is 340 g/mol. The number of H-pyrrole nitrogens is 1. The summed E-state index contributed by atoms with van der Waals surface area (Å²) in [7, 11) is 0. The molecule has 0 bridgehead atoms. The van der Waals surface area contributed by atoms with E-state index in [1.807, 2.05) is 28.9 Å². The highest BCUT2D eigenvalue weighted by Gasteiger charge is 2.28. The standard InChI is InChI=1S/C19H21FN4O/c1-13-10-21-23(11-13)12-16-4-2-3-7-24(16)19(25)18-9-14-8-15(20)5-6-17(14)22-18/h5-6,8-11,16,22H,2-4,7,12H2,1H3/t16-/m0/s1. The van der Waals surface area contributed by atoms with E-state index in [-0.39, 0.29) is 17.8 Å². The summed E-state index contributed by atoms with van der Waals surface area (Å²) in [5.74, 6) is -0.319. The first-order chi connectivity index (χ1) is 12.1. The minimum absolute atomic E-state index is 0.0230. The summed E-state index contributed by atoms with van der Waals surface area (Å²) in [4.78, 5) is 18.1. The fourth-order valence-electron chi connectivity index (χ4n) is 3.61. The number of hydrogen-bond donors (Lipinski definition) is 1. The quantitative estimate of drug-likeness (QED) is 0.793. The highest BCUT2D eigenvalue weighted by Crippen LogP contribution is 2.23. The van der Waals surface area contributed by atoms with E-state index >= 15 is 0 Å². The van der Waals surface area contributed by atoms with E-state index in [0.717, 1.165) is 42.3 Å². The molecule has 1 fully saturated rings. The highest BCUT2D eigenvalue weighted by molar-refractivity contribution is 5.98. The molecule has 1 amide bonds. The normalized spacial score (nSPS) is 18.0. The molecule has 1 N–H and O–H groups in total. The fraction of sp³-hybridized carbons (Fsp3) is 0.368. The molecule has 1 atom stereocenters. The van der Waals surface area contributed by atoms with E-state index in [0.29, 0.717) is 12.2 Å². The summed E-state index contributed by atoms with van der Waals surface area (Å²) in [6, 6.07) is 6.38. The number of hydrogen-bond acceptors (Lipinski definition) is 2. The molecule has 6 heteroatoms. The molecular weight excluding hydrogens is 319 g/mol. The van der Waals surface area contributed by atoms with Gasteiger partial charge in [0.2, 0.25) is 0 Å². The van der Waals surface area contributed by atoms with Crippen LogP contribution in [0, 0.1) is 12.7 Å². The fourth-order valence-corrected chi connectivity index (χ4v) is 3.61. The molecule has 4 rings (SSSR count). The first kappa shape index (κ1) is 15.9. The zero-order valence-corrected chi connectivity index (χ0v) is 14.2. The second-order valence-electron chi connectivity index (χ2n) is 6.80. The van der Waals surface area contributed by atoms with Crippen LogP contribution in [0.15, 0.2) is 36.7 Å². The Bertz CT molecular complexity index is 913. The van der Waals surface area contributed by atoms with Crippen LogP contribution < -0.4 is 0 Å². The Morgan fingerprint density at radius 3 is 3.04 bits per heavy atom. The van der Waals surface area contributed by atoms with Crippen LogP contribution in [0.25, 0.3) is 10.9 Å². The largest absolute Gasteiger partial charge is 0.351 e. The van der Waals surface area contributed by atoms with Crippen LogP contribution in [-0.4, -0.2) is 38.2 Å². The van der Waals surface area contributed by atoms with Crippen molar-refractivity contribution in [3.63, 3.8) is 0 Å². The summed E-state index contributed by atoms with van der Waals surface area (Å²) < 4.78 is 15.3. The van der Waals surface area contributed by atoms with E-state index in [2.05, 4.69) is 10.1 Å². The molecule has 3 heterocycles. The molecule has 3 aromatic rings. The third-order valence-electron chi connectivity index (χ3n) is 4.86. The molecule has 25 heavy (non-hydrogen) atoms. The Morgan fingerprint density at radius 2 is 2.24 bits per heavy atom. The molecule has 1 aromatic carbocycles. The van der Waals surface area contributed by atoms with Crippen molar-refractivity contribution < 1.29 is 9.18 Å². The number of rotatable bonds is 3. The number of nitrogens with zero attached hydrogens (tertiary/aromatic N) is 3. The van der Waals surface area contributed by atoms with Gasteiger partial charge in [0.1, 0.15) is 11.5 Å². The van der Waals surface area contributed by atoms with Gasteiger partial charge < -0.3 is 9.88 Å². The Balaban J connectivity index is 1.59. The zero-order chi connectivity index (χ0) is 17.4. The SMILES string of the molecule is Cc1cnn(C[C@@H]2CCCCN2C(=O)c2cc3cc(F)ccc3[nH]2)c1. The number of carbonyl (C=O) groups is 1. The van der Waals surface area contributed by atoms with E-state index in [1.165, 1.54) is 12.1 Å². The lowest BCUT2D eigenvalue weighted by Crippen LogP contribution is -2.46. The number of likely N-dealkylation sites (tertiary alicyclic amines) is 1. The molecule has 1 saturated heterocycles. The van der Waals surface area contributed by atoms with Crippen LogP contribution in [0.4, 0.5) is 4.39 Å². The van der Waals surface area contributed by atoms with Gasteiger partial charge in [-0.25, -0.2) is 4.39 Å². The van der Waals surface area contributed by atoms with Gasteiger partial charge in [0.15, 0.2) is 0 Å². The third-order valence-corrected chi connectivity index (χ3v) is 4.86. The molecule has 130 valence electrons. The van der Waals surface area contributed by atoms with Crippen LogP contribution in [0.3, 0.4) is 0 Å².